The van der Waals surface area contributed by atoms with Gasteiger partial charge in [-0.3, -0.25) is 0 Å². The molecule has 1 heterocycles. The van der Waals surface area contributed by atoms with Crippen molar-refractivity contribution in [3.05, 3.63) is 40.6 Å². The molecule has 0 atom stereocenters. The average Bonchev–Trinajstić information content (AvgIpc) is 2.27. The van der Waals surface area contributed by atoms with Gasteiger partial charge in [-0.15, -0.1) is 0 Å². The molecule has 1 aromatic carbocycles. The van der Waals surface area contributed by atoms with Gasteiger partial charge in [-0.05, 0) is 31.2 Å². The average molecular weight is 279 g/mol. The summed E-state index contributed by atoms with van der Waals surface area (Å²) >= 11 is 3.38. The van der Waals surface area contributed by atoms with Crippen molar-refractivity contribution in [2.75, 3.05) is 11.1 Å². The van der Waals surface area contributed by atoms with E-state index in [2.05, 4.69) is 31.2 Å². The Morgan fingerprint density at radius 3 is 2.56 bits per heavy atom. The Balaban J connectivity index is 2.20. The molecular weight excluding hydrogens is 268 g/mol. The molecule has 0 aliphatic carbocycles. The molecular formula is C11H11BrN4. The lowest BCUT2D eigenvalue weighted by Gasteiger charge is -2.06. The van der Waals surface area contributed by atoms with E-state index in [0.717, 1.165) is 15.9 Å². The number of halogens is 1. The first-order valence-electron chi connectivity index (χ1n) is 4.77. The minimum atomic E-state index is 0.550. The Morgan fingerprint density at radius 1 is 1.25 bits per heavy atom. The van der Waals surface area contributed by atoms with E-state index in [1.807, 2.05) is 31.2 Å². The van der Waals surface area contributed by atoms with E-state index in [1.165, 1.54) is 0 Å². The fourth-order valence-corrected chi connectivity index (χ4v) is 1.46. The second kappa shape index (κ2) is 4.49. The van der Waals surface area contributed by atoms with Crippen molar-refractivity contribution in [2.24, 2.45) is 0 Å². The number of rotatable bonds is 2. The van der Waals surface area contributed by atoms with E-state index in [0.29, 0.717) is 11.6 Å². The maximum atomic E-state index is 5.64. The van der Waals surface area contributed by atoms with Crippen molar-refractivity contribution >= 4 is 33.3 Å². The third kappa shape index (κ3) is 2.49. The summed E-state index contributed by atoms with van der Waals surface area (Å²) in [4.78, 5) is 8.33. The molecule has 0 aliphatic rings. The third-order valence-corrected chi connectivity index (χ3v) is 2.65. The van der Waals surface area contributed by atoms with Crippen molar-refractivity contribution in [1.82, 2.24) is 9.97 Å². The summed E-state index contributed by atoms with van der Waals surface area (Å²) in [6.45, 7) is 1.85. The van der Waals surface area contributed by atoms with Gasteiger partial charge in [-0.25, -0.2) is 9.97 Å². The van der Waals surface area contributed by atoms with Gasteiger partial charge in [0, 0.05) is 10.2 Å². The van der Waals surface area contributed by atoms with E-state index in [-0.39, 0.29) is 0 Å². The maximum Gasteiger partial charge on any atom is 0.227 e. The first-order valence-corrected chi connectivity index (χ1v) is 5.56. The predicted molar refractivity (Wildman–Crippen MR) is 68.6 cm³/mol. The molecule has 5 heteroatoms. The van der Waals surface area contributed by atoms with Crippen molar-refractivity contribution in [3.8, 4) is 0 Å². The number of aromatic nitrogens is 2. The Hall–Kier alpha value is -1.62. The summed E-state index contributed by atoms with van der Waals surface area (Å²) in [7, 11) is 0. The van der Waals surface area contributed by atoms with Crippen LogP contribution in [0.4, 0.5) is 17.3 Å². The number of nitrogens with two attached hydrogens (primary N) is 1. The maximum absolute atomic E-state index is 5.64. The van der Waals surface area contributed by atoms with Crippen molar-refractivity contribution in [1.29, 1.82) is 0 Å². The van der Waals surface area contributed by atoms with Gasteiger partial charge in [-0.2, -0.15) is 0 Å². The Bertz CT molecular complexity index is 496. The molecule has 16 heavy (non-hydrogen) atoms. The summed E-state index contributed by atoms with van der Waals surface area (Å²) in [5, 5.41) is 3.10. The smallest absolute Gasteiger partial charge is 0.227 e. The first kappa shape index (κ1) is 10.9. The molecule has 1 aromatic heterocycles. The fraction of sp³-hybridized carbons (Fsp3) is 0.0909. The van der Waals surface area contributed by atoms with Crippen LogP contribution in [0.2, 0.25) is 0 Å². The van der Waals surface area contributed by atoms with Gasteiger partial charge in [0.2, 0.25) is 5.95 Å². The molecule has 0 spiro atoms. The highest BCUT2D eigenvalue weighted by molar-refractivity contribution is 9.10. The number of hydrogen-bond donors (Lipinski definition) is 2. The predicted octanol–water partition coefficient (Wildman–Crippen LogP) is 2.87. The van der Waals surface area contributed by atoms with Gasteiger partial charge < -0.3 is 11.1 Å². The van der Waals surface area contributed by atoms with Gasteiger partial charge in [-0.1, -0.05) is 15.9 Å². The fourth-order valence-electron chi connectivity index (χ4n) is 1.20. The van der Waals surface area contributed by atoms with Crippen molar-refractivity contribution < 1.29 is 0 Å². The zero-order chi connectivity index (χ0) is 11.5. The van der Waals surface area contributed by atoms with Crippen LogP contribution in [0.15, 0.2) is 34.9 Å². The summed E-state index contributed by atoms with van der Waals surface area (Å²) in [5.41, 5.74) is 7.95. The van der Waals surface area contributed by atoms with Crippen LogP contribution in [-0.2, 0) is 0 Å². The van der Waals surface area contributed by atoms with Crippen LogP contribution >= 0.6 is 15.9 Å². The zero-order valence-corrected chi connectivity index (χ0v) is 10.3. The summed E-state index contributed by atoms with van der Waals surface area (Å²) in [6.07, 6.45) is 1.60. The van der Waals surface area contributed by atoms with E-state index in [4.69, 9.17) is 5.73 Å². The monoisotopic (exact) mass is 278 g/mol. The minimum Gasteiger partial charge on any atom is -0.396 e. The van der Waals surface area contributed by atoms with E-state index >= 15 is 0 Å². The summed E-state index contributed by atoms with van der Waals surface area (Å²) < 4.78 is 1.03. The number of nitrogens with one attached hydrogen (secondary N) is 1. The quantitative estimate of drug-likeness (QED) is 0.887. The second-order valence-electron chi connectivity index (χ2n) is 3.37. The zero-order valence-electron chi connectivity index (χ0n) is 8.74. The molecule has 0 fully saturated rings. The van der Waals surface area contributed by atoms with Crippen LogP contribution in [0.3, 0.4) is 0 Å². The highest BCUT2D eigenvalue weighted by atomic mass is 79.9. The molecule has 0 aliphatic heterocycles. The van der Waals surface area contributed by atoms with E-state index in [1.54, 1.807) is 6.20 Å². The van der Waals surface area contributed by atoms with Crippen LogP contribution in [-0.4, -0.2) is 9.97 Å². The number of hydrogen-bond acceptors (Lipinski definition) is 4. The number of benzene rings is 1. The standard InChI is InChI=1S/C11H11BrN4/c1-7-10(13)6-14-11(15-7)16-9-4-2-8(12)3-5-9/h2-6H,13H2,1H3,(H,14,15,16). The Labute approximate surface area is 102 Å². The van der Waals surface area contributed by atoms with E-state index in [9.17, 15) is 0 Å². The normalized spacial score (nSPS) is 10.1. The highest BCUT2D eigenvalue weighted by Crippen LogP contribution is 2.17. The Kier molecular flexibility index (Phi) is 3.05. The van der Waals surface area contributed by atoms with Crippen LogP contribution in [0, 0.1) is 6.92 Å². The van der Waals surface area contributed by atoms with Gasteiger partial charge in [0.25, 0.3) is 0 Å². The Morgan fingerprint density at radius 2 is 1.94 bits per heavy atom. The molecule has 0 saturated heterocycles. The lowest BCUT2D eigenvalue weighted by Crippen LogP contribution is -2.01. The molecule has 0 saturated carbocycles. The molecule has 0 amide bonds. The number of nitrogens with zero attached hydrogens (tertiary/aromatic N) is 2. The van der Waals surface area contributed by atoms with E-state index < -0.39 is 0 Å². The number of aryl methyl sites for hydroxylation is 1. The van der Waals surface area contributed by atoms with Crippen LogP contribution < -0.4 is 11.1 Å². The van der Waals surface area contributed by atoms with Gasteiger partial charge in [0.15, 0.2) is 0 Å². The topological polar surface area (TPSA) is 63.8 Å². The molecule has 0 unspecified atom stereocenters. The van der Waals surface area contributed by atoms with Crippen molar-refractivity contribution in [3.63, 3.8) is 0 Å². The first-order chi connectivity index (χ1) is 7.65. The molecule has 0 bridgehead atoms. The molecule has 82 valence electrons. The number of anilines is 3. The van der Waals surface area contributed by atoms with Crippen LogP contribution in [0.25, 0.3) is 0 Å². The van der Waals surface area contributed by atoms with Crippen molar-refractivity contribution in [2.45, 2.75) is 6.92 Å². The molecule has 2 rings (SSSR count). The number of nitrogen functional groups attached to an aromatic ring is 1. The van der Waals surface area contributed by atoms with Crippen LogP contribution in [0.1, 0.15) is 5.69 Å². The highest BCUT2D eigenvalue weighted by Gasteiger charge is 2.00. The lowest BCUT2D eigenvalue weighted by molar-refractivity contribution is 1.11. The SMILES string of the molecule is Cc1nc(Nc2ccc(Br)cc2)ncc1N. The third-order valence-electron chi connectivity index (χ3n) is 2.12. The largest absolute Gasteiger partial charge is 0.396 e. The van der Waals surface area contributed by atoms with Gasteiger partial charge in [0.05, 0.1) is 17.6 Å². The van der Waals surface area contributed by atoms with Gasteiger partial charge >= 0.3 is 0 Å². The van der Waals surface area contributed by atoms with Gasteiger partial charge in [0.1, 0.15) is 0 Å². The molecule has 0 radical (unpaired) electrons. The lowest BCUT2D eigenvalue weighted by atomic mass is 10.3. The summed E-state index contributed by atoms with van der Waals surface area (Å²) in [6, 6.07) is 7.79. The molecule has 4 nitrogen and oxygen atoms in total. The van der Waals surface area contributed by atoms with Crippen LogP contribution in [0.5, 0.6) is 0 Å². The minimum absolute atomic E-state index is 0.550. The molecule has 2 aromatic rings. The molecule has 3 N–H and O–H groups in total. The second-order valence-corrected chi connectivity index (χ2v) is 4.28. The summed E-state index contributed by atoms with van der Waals surface area (Å²) in [5.74, 6) is 0.550.